The Balaban J connectivity index is 1.55. The summed E-state index contributed by atoms with van der Waals surface area (Å²) in [5.41, 5.74) is 0.592. The highest BCUT2D eigenvalue weighted by Crippen LogP contribution is 2.30. The number of anilines is 1. The summed E-state index contributed by atoms with van der Waals surface area (Å²) in [7, 11) is 0. The van der Waals surface area contributed by atoms with Crippen LogP contribution in [0.4, 0.5) is 23.2 Å². The van der Waals surface area contributed by atoms with Crippen molar-refractivity contribution in [2.75, 3.05) is 4.72 Å². The van der Waals surface area contributed by atoms with Gasteiger partial charge in [-0.1, -0.05) is 12.1 Å². The highest BCUT2D eigenvalue weighted by molar-refractivity contribution is 8.00. The summed E-state index contributed by atoms with van der Waals surface area (Å²) in [6.07, 6.45) is 3.17. The van der Waals surface area contributed by atoms with Gasteiger partial charge in [-0.2, -0.15) is 19.0 Å². The molecule has 0 unspecified atom stereocenters. The van der Waals surface area contributed by atoms with Crippen molar-refractivity contribution in [3.05, 3.63) is 60.7 Å². The fraction of sp³-hybridized carbons (Fsp3) is 0.118. The lowest BCUT2D eigenvalue weighted by molar-refractivity contribution is 0.0616. The minimum Gasteiger partial charge on any atom is -0.324 e. The van der Waals surface area contributed by atoms with Crippen LogP contribution in [-0.4, -0.2) is 24.5 Å². The molecule has 28 heavy (non-hydrogen) atoms. The molecule has 0 aliphatic rings. The van der Waals surface area contributed by atoms with E-state index in [9.17, 15) is 17.6 Å². The highest BCUT2D eigenvalue weighted by Gasteiger charge is 2.15. The molecular weight excluding hydrogens is 396 g/mol. The Morgan fingerprint density at radius 2 is 1.89 bits per heavy atom. The van der Waals surface area contributed by atoms with Gasteiger partial charge in [-0.25, -0.2) is 23.1 Å². The molecule has 0 bridgehead atoms. The second kappa shape index (κ2) is 7.50. The molecule has 0 aliphatic heterocycles. The Hall–Kier alpha value is -3.08. The van der Waals surface area contributed by atoms with Crippen molar-refractivity contribution in [1.82, 2.24) is 24.5 Å². The zero-order valence-electron chi connectivity index (χ0n) is 14.0. The molecule has 11 heteroatoms. The number of rotatable bonds is 6. The van der Waals surface area contributed by atoms with E-state index in [0.29, 0.717) is 20.7 Å². The summed E-state index contributed by atoms with van der Waals surface area (Å²) < 4.78 is 57.0. The van der Waals surface area contributed by atoms with Crippen molar-refractivity contribution in [2.24, 2.45) is 0 Å². The van der Waals surface area contributed by atoms with Crippen molar-refractivity contribution in [1.29, 1.82) is 0 Å². The number of benzene rings is 1. The summed E-state index contributed by atoms with van der Waals surface area (Å²) in [4.78, 5) is 4.67. The number of halogens is 4. The number of para-hydroxylation sites is 1. The number of alkyl halides is 4. The first-order chi connectivity index (χ1) is 13.5. The molecule has 3 heterocycles. The topological polar surface area (TPSA) is 60.6 Å². The average Bonchev–Trinajstić information content (AvgIpc) is 3.34. The number of aromatic nitrogens is 5. The number of fused-ring (bicyclic) bond motifs is 1. The first kappa shape index (κ1) is 18.3. The maximum atomic E-state index is 13.1. The Morgan fingerprint density at radius 1 is 1.04 bits per heavy atom. The third-order valence-electron chi connectivity index (χ3n) is 3.90. The maximum absolute atomic E-state index is 13.1. The number of pyridine rings is 1. The zero-order chi connectivity index (χ0) is 19.7. The van der Waals surface area contributed by atoms with Crippen molar-refractivity contribution in [3.8, 4) is 5.82 Å². The van der Waals surface area contributed by atoms with Crippen LogP contribution in [0.3, 0.4) is 0 Å². The Kier molecular flexibility index (Phi) is 4.90. The first-order valence-corrected chi connectivity index (χ1v) is 8.81. The molecular formula is C17H12F4N6S. The third-order valence-corrected chi connectivity index (χ3v) is 4.66. The molecule has 4 rings (SSSR count). The molecule has 144 valence electrons. The largest absolute Gasteiger partial charge is 0.333 e. The van der Waals surface area contributed by atoms with Crippen LogP contribution in [0.5, 0.6) is 0 Å². The average molecular weight is 408 g/mol. The Labute approximate surface area is 160 Å². The SMILES string of the molecule is FC(F)c1ccnc(-n2cc(SNc3cccc4cnn(C(F)F)c34)cn2)c1. The van der Waals surface area contributed by atoms with Gasteiger partial charge in [-0.15, -0.1) is 0 Å². The number of hydrogen-bond donors (Lipinski definition) is 1. The Bertz CT molecular complexity index is 1110. The summed E-state index contributed by atoms with van der Waals surface area (Å²) in [5, 5.41) is 8.39. The van der Waals surface area contributed by atoms with Gasteiger partial charge in [-0.05, 0) is 30.1 Å². The molecule has 0 spiro atoms. The van der Waals surface area contributed by atoms with E-state index in [1.807, 2.05) is 0 Å². The van der Waals surface area contributed by atoms with Crippen molar-refractivity contribution < 1.29 is 17.6 Å². The summed E-state index contributed by atoms with van der Waals surface area (Å²) >= 11 is 1.14. The molecule has 6 nitrogen and oxygen atoms in total. The Morgan fingerprint density at radius 3 is 2.68 bits per heavy atom. The predicted octanol–water partition coefficient (Wildman–Crippen LogP) is 5.07. The van der Waals surface area contributed by atoms with Crippen molar-refractivity contribution in [2.45, 2.75) is 17.9 Å². The van der Waals surface area contributed by atoms with E-state index in [1.165, 1.54) is 35.4 Å². The molecule has 0 fully saturated rings. The quantitative estimate of drug-likeness (QED) is 0.357. The molecule has 4 aromatic rings. The van der Waals surface area contributed by atoms with Crippen LogP contribution in [0.2, 0.25) is 0 Å². The maximum Gasteiger partial charge on any atom is 0.333 e. The molecule has 3 aromatic heterocycles. The van der Waals surface area contributed by atoms with Crippen LogP contribution in [0.1, 0.15) is 18.5 Å². The standard InChI is InChI=1S/C17H12F4N6S/c18-16(19)10-4-5-22-14(6-10)26-9-12(8-23-26)28-25-13-3-1-2-11-7-24-27(15(11)13)17(20)21/h1-9,16-17,25H. The van der Waals surface area contributed by atoms with E-state index in [2.05, 4.69) is 19.9 Å². The van der Waals surface area contributed by atoms with E-state index >= 15 is 0 Å². The van der Waals surface area contributed by atoms with Gasteiger partial charge < -0.3 is 4.72 Å². The van der Waals surface area contributed by atoms with Gasteiger partial charge in [-0.3, -0.25) is 0 Å². The van der Waals surface area contributed by atoms with E-state index in [4.69, 9.17) is 0 Å². The van der Waals surface area contributed by atoms with Gasteiger partial charge in [0.25, 0.3) is 6.43 Å². The molecule has 0 radical (unpaired) electrons. The van der Waals surface area contributed by atoms with E-state index < -0.39 is 13.0 Å². The lowest BCUT2D eigenvalue weighted by Gasteiger charge is -2.08. The van der Waals surface area contributed by atoms with Gasteiger partial charge in [0.05, 0.1) is 28.5 Å². The number of nitrogens with zero attached hydrogens (tertiary/aromatic N) is 5. The van der Waals surface area contributed by atoms with Gasteiger partial charge in [0.1, 0.15) is 0 Å². The molecule has 0 aliphatic carbocycles. The van der Waals surface area contributed by atoms with Crippen LogP contribution in [-0.2, 0) is 0 Å². The van der Waals surface area contributed by atoms with Crippen molar-refractivity contribution >= 4 is 28.5 Å². The molecule has 0 amide bonds. The van der Waals surface area contributed by atoms with Crippen LogP contribution in [0, 0.1) is 0 Å². The monoisotopic (exact) mass is 408 g/mol. The molecule has 1 aromatic carbocycles. The first-order valence-electron chi connectivity index (χ1n) is 7.99. The second-order valence-electron chi connectivity index (χ2n) is 5.68. The summed E-state index contributed by atoms with van der Waals surface area (Å²) in [5.74, 6) is 0.252. The summed E-state index contributed by atoms with van der Waals surface area (Å²) in [6.45, 7) is -2.76. The third kappa shape index (κ3) is 3.52. The van der Waals surface area contributed by atoms with Gasteiger partial charge >= 0.3 is 6.55 Å². The van der Waals surface area contributed by atoms with Crippen LogP contribution in [0.25, 0.3) is 16.7 Å². The molecule has 0 atom stereocenters. The minimum atomic E-state index is -2.76. The number of nitrogens with one attached hydrogen (secondary N) is 1. The highest BCUT2D eigenvalue weighted by atomic mass is 32.2. The lowest BCUT2D eigenvalue weighted by Crippen LogP contribution is -2.01. The van der Waals surface area contributed by atoms with E-state index in [-0.39, 0.29) is 16.9 Å². The van der Waals surface area contributed by atoms with E-state index in [1.54, 1.807) is 24.4 Å². The summed E-state index contributed by atoms with van der Waals surface area (Å²) in [6, 6.07) is 7.57. The lowest BCUT2D eigenvalue weighted by atomic mass is 10.2. The minimum absolute atomic E-state index is 0.153. The van der Waals surface area contributed by atoms with E-state index in [0.717, 1.165) is 11.9 Å². The molecule has 0 saturated heterocycles. The fourth-order valence-electron chi connectivity index (χ4n) is 2.63. The fourth-order valence-corrected chi connectivity index (χ4v) is 3.27. The van der Waals surface area contributed by atoms with Gasteiger partial charge in [0.2, 0.25) is 0 Å². The van der Waals surface area contributed by atoms with Gasteiger partial charge in [0, 0.05) is 23.3 Å². The number of hydrogen-bond acceptors (Lipinski definition) is 5. The van der Waals surface area contributed by atoms with Crippen molar-refractivity contribution in [3.63, 3.8) is 0 Å². The van der Waals surface area contributed by atoms with Crippen LogP contribution >= 0.6 is 11.9 Å². The predicted molar refractivity (Wildman–Crippen MR) is 96.8 cm³/mol. The zero-order valence-corrected chi connectivity index (χ0v) is 14.8. The second-order valence-corrected chi connectivity index (χ2v) is 6.56. The van der Waals surface area contributed by atoms with Gasteiger partial charge in [0.15, 0.2) is 5.82 Å². The van der Waals surface area contributed by atoms with Crippen LogP contribution < -0.4 is 4.72 Å². The smallest absolute Gasteiger partial charge is 0.324 e. The van der Waals surface area contributed by atoms with Crippen LogP contribution in [0.15, 0.2) is 60.0 Å². The normalized spacial score (nSPS) is 11.6. The molecule has 1 N–H and O–H groups in total. The molecule has 0 saturated carbocycles.